The highest BCUT2D eigenvalue weighted by molar-refractivity contribution is 5.67. The van der Waals surface area contributed by atoms with Gasteiger partial charge < -0.3 is 20.3 Å². The molecule has 21 heavy (non-hydrogen) atoms. The van der Waals surface area contributed by atoms with Gasteiger partial charge in [-0.2, -0.15) is 0 Å². The van der Waals surface area contributed by atoms with E-state index in [-0.39, 0.29) is 18.6 Å². The maximum atomic E-state index is 10.9. The van der Waals surface area contributed by atoms with E-state index in [4.69, 9.17) is 9.84 Å². The predicted molar refractivity (Wildman–Crippen MR) is 81.5 cm³/mol. The van der Waals surface area contributed by atoms with Crippen molar-refractivity contribution in [3.63, 3.8) is 0 Å². The van der Waals surface area contributed by atoms with Crippen molar-refractivity contribution in [2.75, 3.05) is 0 Å². The number of aliphatic hydroxyl groups excluding tert-OH is 1. The Morgan fingerprint density at radius 2 is 1.76 bits per heavy atom. The minimum atomic E-state index is -0.938. The van der Waals surface area contributed by atoms with Crippen molar-refractivity contribution < 1.29 is 19.7 Å². The summed E-state index contributed by atoms with van der Waals surface area (Å²) in [5, 5.41) is 22.4. The van der Waals surface area contributed by atoms with Crippen LogP contribution >= 0.6 is 0 Å². The van der Waals surface area contributed by atoms with E-state index < -0.39 is 18.1 Å². The standard InChI is InChI=1S/C16H25NO4/c1-10(2)17-14(9-15(18)19)16(20)12-5-7-13(8-6-12)21-11(3)4/h5-8,10-11,14,16-17,20H,9H2,1-4H3,(H,18,19). The van der Waals surface area contributed by atoms with E-state index in [0.717, 1.165) is 5.75 Å². The molecule has 2 atom stereocenters. The van der Waals surface area contributed by atoms with Gasteiger partial charge in [-0.15, -0.1) is 0 Å². The molecule has 5 nitrogen and oxygen atoms in total. The minimum Gasteiger partial charge on any atom is -0.491 e. The molecule has 0 amide bonds. The van der Waals surface area contributed by atoms with Crippen molar-refractivity contribution in [1.82, 2.24) is 5.32 Å². The first kappa shape index (κ1) is 17.5. The van der Waals surface area contributed by atoms with Crippen LogP contribution in [0.4, 0.5) is 0 Å². The smallest absolute Gasteiger partial charge is 0.305 e. The molecule has 1 aromatic carbocycles. The van der Waals surface area contributed by atoms with Gasteiger partial charge in [0.15, 0.2) is 0 Å². The molecule has 1 rings (SSSR count). The highest BCUT2D eigenvalue weighted by Crippen LogP contribution is 2.23. The Labute approximate surface area is 125 Å². The van der Waals surface area contributed by atoms with Gasteiger partial charge in [-0.05, 0) is 31.5 Å². The van der Waals surface area contributed by atoms with Gasteiger partial charge in [0.25, 0.3) is 0 Å². The summed E-state index contributed by atoms with van der Waals surface area (Å²) in [5.41, 5.74) is 0.672. The number of nitrogens with one attached hydrogen (secondary N) is 1. The van der Waals surface area contributed by atoms with E-state index in [1.54, 1.807) is 24.3 Å². The average Bonchev–Trinajstić information content (AvgIpc) is 2.36. The Balaban J connectivity index is 2.82. The maximum absolute atomic E-state index is 10.9. The average molecular weight is 295 g/mol. The topological polar surface area (TPSA) is 78.8 Å². The summed E-state index contributed by atoms with van der Waals surface area (Å²) in [6, 6.07) is 6.66. The number of hydrogen-bond donors (Lipinski definition) is 3. The molecule has 0 saturated heterocycles. The molecular formula is C16H25NO4. The number of aliphatic carboxylic acids is 1. The molecule has 0 spiro atoms. The van der Waals surface area contributed by atoms with Gasteiger partial charge in [0.2, 0.25) is 0 Å². The molecule has 2 unspecified atom stereocenters. The summed E-state index contributed by atoms with van der Waals surface area (Å²) in [6.45, 7) is 7.72. The van der Waals surface area contributed by atoms with E-state index in [1.807, 2.05) is 27.7 Å². The van der Waals surface area contributed by atoms with Gasteiger partial charge in [0, 0.05) is 12.1 Å². The van der Waals surface area contributed by atoms with E-state index in [9.17, 15) is 9.90 Å². The Bertz CT molecular complexity index is 442. The largest absolute Gasteiger partial charge is 0.491 e. The molecule has 0 saturated carbocycles. The molecular weight excluding hydrogens is 270 g/mol. The quantitative estimate of drug-likeness (QED) is 0.686. The molecule has 0 bridgehead atoms. The summed E-state index contributed by atoms with van der Waals surface area (Å²) in [5.74, 6) is -0.209. The maximum Gasteiger partial charge on any atom is 0.305 e. The normalized spacial score (nSPS) is 14.2. The van der Waals surface area contributed by atoms with Crippen LogP contribution in [0.3, 0.4) is 0 Å². The molecule has 0 aliphatic heterocycles. The van der Waals surface area contributed by atoms with Gasteiger partial charge >= 0.3 is 5.97 Å². The first-order chi connectivity index (χ1) is 9.79. The highest BCUT2D eigenvalue weighted by Gasteiger charge is 2.24. The molecule has 3 N–H and O–H groups in total. The van der Waals surface area contributed by atoms with Crippen molar-refractivity contribution in [2.24, 2.45) is 0 Å². The number of carboxylic acid groups (broad SMARTS) is 1. The lowest BCUT2D eigenvalue weighted by molar-refractivity contribution is -0.138. The lowest BCUT2D eigenvalue weighted by atomic mass is 9.99. The van der Waals surface area contributed by atoms with Gasteiger partial charge in [0.05, 0.1) is 18.6 Å². The van der Waals surface area contributed by atoms with Crippen LogP contribution in [-0.4, -0.2) is 34.4 Å². The van der Waals surface area contributed by atoms with Gasteiger partial charge in [0.1, 0.15) is 5.75 Å². The van der Waals surface area contributed by atoms with Crippen LogP contribution < -0.4 is 10.1 Å². The number of carbonyl (C=O) groups is 1. The Hall–Kier alpha value is -1.59. The predicted octanol–water partition coefficient (Wildman–Crippen LogP) is 2.35. The van der Waals surface area contributed by atoms with Crippen molar-refractivity contribution >= 4 is 5.97 Å². The second-order valence-electron chi connectivity index (χ2n) is 5.71. The van der Waals surface area contributed by atoms with Crippen LogP contribution in [0.2, 0.25) is 0 Å². The Morgan fingerprint density at radius 3 is 2.19 bits per heavy atom. The van der Waals surface area contributed by atoms with Crippen LogP contribution in [0.15, 0.2) is 24.3 Å². The summed E-state index contributed by atoms with van der Waals surface area (Å²) in [7, 11) is 0. The third-order valence-electron chi connectivity index (χ3n) is 2.92. The van der Waals surface area contributed by atoms with Gasteiger partial charge in [-0.25, -0.2) is 0 Å². The molecule has 0 radical (unpaired) electrons. The first-order valence-electron chi connectivity index (χ1n) is 7.22. The van der Waals surface area contributed by atoms with Crippen LogP contribution in [0.1, 0.15) is 45.8 Å². The van der Waals surface area contributed by atoms with E-state index in [1.165, 1.54) is 0 Å². The zero-order valence-corrected chi connectivity index (χ0v) is 13.0. The number of benzene rings is 1. The second-order valence-corrected chi connectivity index (χ2v) is 5.71. The molecule has 0 heterocycles. The van der Waals surface area contributed by atoms with Gasteiger partial charge in [-0.1, -0.05) is 26.0 Å². The molecule has 5 heteroatoms. The third-order valence-corrected chi connectivity index (χ3v) is 2.92. The Morgan fingerprint density at radius 1 is 1.19 bits per heavy atom. The first-order valence-corrected chi connectivity index (χ1v) is 7.22. The lowest BCUT2D eigenvalue weighted by Crippen LogP contribution is -2.40. The zero-order chi connectivity index (χ0) is 16.0. The monoisotopic (exact) mass is 295 g/mol. The fraction of sp³-hybridized carbons (Fsp3) is 0.562. The van der Waals surface area contributed by atoms with E-state index in [2.05, 4.69) is 5.32 Å². The van der Waals surface area contributed by atoms with Crippen LogP contribution in [0.25, 0.3) is 0 Å². The summed E-state index contributed by atoms with van der Waals surface area (Å²) in [4.78, 5) is 10.9. The SMILES string of the molecule is CC(C)NC(CC(=O)O)C(O)c1ccc(OC(C)C)cc1. The molecule has 0 aliphatic rings. The molecule has 0 aromatic heterocycles. The van der Waals surface area contributed by atoms with E-state index in [0.29, 0.717) is 5.56 Å². The van der Waals surface area contributed by atoms with Crippen molar-refractivity contribution in [3.05, 3.63) is 29.8 Å². The number of hydrogen-bond acceptors (Lipinski definition) is 4. The number of carboxylic acids is 1. The summed E-state index contributed by atoms with van der Waals surface area (Å²) >= 11 is 0. The van der Waals surface area contributed by atoms with Crippen molar-refractivity contribution in [2.45, 2.75) is 58.4 Å². The van der Waals surface area contributed by atoms with Gasteiger partial charge in [-0.3, -0.25) is 4.79 Å². The van der Waals surface area contributed by atoms with Crippen LogP contribution in [-0.2, 0) is 4.79 Å². The lowest BCUT2D eigenvalue weighted by Gasteiger charge is -2.25. The second kappa shape index (κ2) is 8.00. The van der Waals surface area contributed by atoms with Crippen LogP contribution in [0, 0.1) is 0 Å². The van der Waals surface area contributed by atoms with Crippen molar-refractivity contribution in [3.8, 4) is 5.75 Å². The Kier molecular flexibility index (Phi) is 6.65. The molecule has 0 aliphatic carbocycles. The zero-order valence-electron chi connectivity index (χ0n) is 13.0. The molecule has 0 fully saturated rings. The third kappa shape index (κ3) is 6.14. The molecule has 1 aromatic rings. The van der Waals surface area contributed by atoms with E-state index >= 15 is 0 Å². The van der Waals surface area contributed by atoms with Crippen molar-refractivity contribution in [1.29, 1.82) is 0 Å². The molecule has 118 valence electrons. The van der Waals surface area contributed by atoms with Crippen LogP contribution in [0.5, 0.6) is 5.75 Å². The fourth-order valence-corrected chi connectivity index (χ4v) is 2.13. The summed E-state index contributed by atoms with van der Waals surface area (Å²) in [6.07, 6.45) is -0.927. The number of rotatable bonds is 8. The fourth-order valence-electron chi connectivity index (χ4n) is 2.13. The number of ether oxygens (including phenoxy) is 1. The number of aliphatic hydroxyl groups is 1. The summed E-state index contributed by atoms with van der Waals surface area (Å²) < 4.78 is 5.55. The highest BCUT2D eigenvalue weighted by atomic mass is 16.5. The minimum absolute atomic E-state index is 0.0862.